The van der Waals surface area contributed by atoms with E-state index in [0.29, 0.717) is 0 Å². The van der Waals surface area contributed by atoms with Crippen LogP contribution in [0.4, 0.5) is 0 Å². The van der Waals surface area contributed by atoms with Gasteiger partial charge in [0.15, 0.2) is 0 Å². The average molecular weight is 262 g/mol. The van der Waals surface area contributed by atoms with Gasteiger partial charge in [-0.1, -0.05) is 30.3 Å². The highest BCUT2D eigenvalue weighted by molar-refractivity contribution is 5.62. The van der Waals surface area contributed by atoms with Gasteiger partial charge < -0.3 is 5.11 Å². The molecule has 0 saturated heterocycles. The number of aromatic hydroxyl groups is 1. The van der Waals surface area contributed by atoms with E-state index in [4.69, 9.17) is 5.10 Å². The number of phenols is 1. The van der Waals surface area contributed by atoms with E-state index in [-0.39, 0.29) is 5.75 Å². The molecule has 0 bridgehead atoms. The standard InChI is InChI=1S/C17H14N2O/c20-15-6-3-5-13(10-15)16-11-14-9-8-12-4-1-2-7-17(12)19(14)18-16/h1-7,10-11,20H,8-9H2. The molecule has 2 aromatic carbocycles. The first kappa shape index (κ1) is 11.3. The second kappa shape index (κ2) is 4.23. The number of aromatic nitrogens is 2. The summed E-state index contributed by atoms with van der Waals surface area (Å²) in [4.78, 5) is 0. The van der Waals surface area contributed by atoms with Crippen molar-refractivity contribution in [3.05, 3.63) is 65.9 Å². The zero-order chi connectivity index (χ0) is 13.5. The average Bonchev–Trinajstić information content (AvgIpc) is 2.92. The third-order valence-electron chi connectivity index (χ3n) is 3.80. The molecule has 1 aromatic heterocycles. The number of fused-ring (bicyclic) bond motifs is 3. The second-order valence-electron chi connectivity index (χ2n) is 5.11. The van der Waals surface area contributed by atoms with Crippen molar-refractivity contribution in [1.82, 2.24) is 9.78 Å². The lowest BCUT2D eigenvalue weighted by Crippen LogP contribution is -2.12. The minimum Gasteiger partial charge on any atom is -0.508 e. The molecule has 0 aliphatic carbocycles. The van der Waals surface area contributed by atoms with Crippen LogP contribution >= 0.6 is 0 Å². The fourth-order valence-corrected chi connectivity index (χ4v) is 2.80. The van der Waals surface area contributed by atoms with Crippen LogP contribution in [0, 0.1) is 0 Å². The van der Waals surface area contributed by atoms with Crippen molar-refractivity contribution >= 4 is 0 Å². The molecule has 0 unspecified atom stereocenters. The number of benzene rings is 2. The Morgan fingerprint density at radius 1 is 0.950 bits per heavy atom. The molecule has 0 amide bonds. The normalized spacial score (nSPS) is 12.8. The largest absolute Gasteiger partial charge is 0.508 e. The molecule has 20 heavy (non-hydrogen) atoms. The van der Waals surface area contributed by atoms with Gasteiger partial charge in [0.25, 0.3) is 0 Å². The molecule has 3 aromatic rings. The summed E-state index contributed by atoms with van der Waals surface area (Å²) in [5, 5.41) is 14.3. The lowest BCUT2D eigenvalue weighted by molar-refractivity contribution is 0.475. The van der Waals surface area contributed by atoms with E-state index in [0.717, 1.165) is 24.1 Å². The van der Waals surface area contributed by atoms with Crippen molar-refractivity contribution in [2.24, 2.45) is 0 Å². The van der Waals surface area contributed by atoms with Gasteiger partial charge in [-0.2, -0.15) is 5.10 Å². The smallest absolute Gasteiger partial charge is 0.116 e. The Morgan fingerprint density at radius 3 is 2.75 bits per heavy atom. The predicted octanol–water partition coefficient (Wildman–Crippen LogP) is 3.34. The molecular weight excluding hydrogens is 248 g/mol. The van der Waals surface area contributed by atoms with Gasteiger partial charge in [0, 0.05) is 11.3 Å². The molecule has 1 aliphatic rings. The van der Waals surface area contributed by atoms with Gasteiger partial charge in [-0.25, -0.2) is 4.68 Å². The Morgan fingerprint density at radius 2 is 1.85 bits per heavy atom. The quantitative estimate of drug-likeness (QED) is 0.730. The van der Waals surface area contributed by atoms with Gasteiger partial charge in [0.2, 0.25) is 0 Å². The van der Waals surface area contributed by atoms with Crippen LogP contribution in [0.25, 0.3) is 16.9 Å². The van der Waals surface area contributed by atoms with Crippen LogP contribution in [0.15, 0.2) is 54.6 Å². The van der Waals surface area contributed by atoms with Crippen LogP contribution in [0.5, 0.6) is 5.75 Å². The van der Waals surface area contributed by atoms with E-state index in [9.17, 15) is 5.11 Å². The van der Waals surface area contributed by atoms with Gasteiger partial charge in [0.1, 0.15) is 5.75 Å². The fourth-order valence-electron chi connectivity index (χ4n) is 2.80. The molecule has 2 heterocycles. The Kier molecular flexibility index (Phi) is 2.39. The summed E-state index contributed by atoms with van der Waals surface area (Å²) in [5.41, 5.74) is 5.59. The van der Waals surface area contributed by atoms with Gasteiger partial charge >= 0.3 is 0 Å². The Hall–Kier alpha value is -2.55. The molecule has 1 aliphatic heterocycles. The van der Waals surface area contributed by atoms with E-state index in [1.807, 2.05) is 22.9 Å². The molecule has 0 spiro atoms. The summed E-state index contributed by atoms with van der Waals surface area (Å²) in [6.07, 6.45) is 2.06. The van der Waals surface area contributed by atoms with Crippen LogP contribution < -0.4 is 0 Å². The van der Waals surface area contributed by atoms with E-state index in [1.54, 1.807) is 12.1 Å². The van der Waals surface area contributed by atoms with Gasteiger partial charge in [0.05, 0.1) is 11.4 Å². The van der Waals surface area contributed by atoms with E-state index >= 15 is 0 Å². The van der Waals surface area contributed by atoms with Crippen LogP contribution in [0.2, 0.25) is 0 Å². The topological polar surface area (TPSA) is 38.0 Å². The number of hydrogen-bond acceptors (Lipinski definition) is 2. The Labute approximate surface area is 117 Å². The maximum Gasteiger partial charge on any atom is 0.116 e. The summed E-state index contributed by atoms with van der Waals surface area (Å²) in [5.74, 6) is 0.272. The maximum absolute atomic E-state index is 9.60. The van der Waals surface area contributed by atoms with Crippen LogP contribution in [0.1, 0.15) is 11.3 Å². The number of para-hydroxylation sites is 1. The first-order chi connectivity index (χ1) is 9.81. The molecule has 0 radical (unpaired) electrons. The molecule has 98 valence electrons. The lowest BCUT2D eigenvalue weighted by Gasteiger charge is -2.17. The van der Waals surface area contributed by atoms with Crippen molar-refractivity contribution in [1.29, 1.82) is 0 Å². The Balaban J connectivity index is 1.86. The van der Waals surface area contributed by atoms with Crippen molar-refractivity contribution < 1.29 is 5.11 Å². The van der Waals surface area contributed by atoms with E-state index in [2.05, 4.69) is 24.3 Å². The molecule has 0 atom stereocenters. The first-order valence-corrected chi connectivity index (χ1v) is 6.78. The highest BCUT2D eigenvalue weighted by Crippen LogP contribution is 2.29. The molecular formula is C17H14N2O. The van der Waals surface area contributed by atoms with Crippen molar-refractivity contribution in [2.75, 3.05) is 0 Å². The number of hydrogen-bond donors (Lipinski definition) is 1. The molecule has 0 saturated carbocycles. The number of rotatable bonds is 1. The first-order valence-electron chi connectivity index (χ1n) is 6.78. The van der Waals surface area contributed by atoms with E-state index in [1.165, 1.54) is 16.9 Å². The minimum absolute atomic E-state index is 0.272. The molecule has 3 heteroatoms. The van der Waals surface area contributed by atoms with Crippen molar-refractivity contribution in [3.8, 4) is 22.7 Å². The zero-order valence-electron chi connectivity index (χ0n) is 11.0. The number of phenolic OH excluding ortho intramolecular Hbond substituents is 1. The van der Waals surface area contributed by atoms with Gasteiger partial charge in [-0.3, -0.25) is 0 Å². The van der Waals surface area contributed by atoms with Crippen LogP contribution in [-0.4, -0.2) is 14.9 Å². The summed E-state index contributed by atoms with van der Waals surface area (Å²) in [6, 6.07) is 17.7. The SMILES string of the molecule is Oc1cccc(-c2cc3n(n2)-c2ccccc2CC3)c1. The monoisotopic (exact) mass is 262 g/mol. The molecule has 1 N–H and O–H groups in total. The third kappa shape index (κ3) is 1.71. The van der Waals surface area contributed by atoms with Crippen LogP contribution in [-0.2, 0) is 12.8 Å². The predicted molar refractivity (Wildman–Crippen MR) is 78.1 cm³/mol. The summed E-state index contributed by atoms with van der Waals surface area (Å²) >= 11 is 0. The highest BCUT2D eigenvalue weighted by atomic mass is 16.3. The minimum atomic E-state index is 0.272. The fraction of sp³-hybridized carbons (Fsp3) is 0.118. The van der Waals surface area contributed by atoms with Gasteiger partial charge in [-0.05, 0) is 42.7 Å². The van der Waals surface area contributed by atoms with Crippen LogP contribution in [0.3, 0.4) is 0 Å². The van der Waals surface area contributed by atoms with Gasteiger partial charge in [-0.15, -0.1) is 0 Å². The Bertz CT molecular complexity index is 789. The molecule has 4 rings (SSSR count). The number of aryl methyl sites for hydroxylation is 2. The molecule has 3 nitrogen and oxygen atoms in total. The highest BCUT2D eigenvalue weighted by Gasteiger charge is 2.18. The zero-order valence-corrected chi connectivity index (χ0v) is 11.0. The summed E-state index contributed by atoms with van der Waals surface area (Å²) in [7, 11) is 0. The number of nitrogens with zero attached hydrogens (tertiary/aromatic N) is 2. The lowest BCUT2D eigenvalue weighted by atomic mass is 10.0. The van der Waals surface area contributed by atoms with Crippen molar-refractivity contribution in [3.63, 3.8) is 0 Å². The maximum atomic E-state index is 9.60. The van der Waals surface area contributed by atoms with Crippen molar-refractivity contribution in [2.45, 2.75) is 12.8 Å². The van der Waals surface area contributed by atoms with E-state index < -0.39 is 0 Å². The third-order valence-corrected chi connectivity index (χ3v) is 3.80. The molecule has 0 fully saturated rings. The second-order valence-corrected chi connectivity index (χ2v) is 5.11. The summed E-state index contributed by atoms with van der Waals surface area (Å²) < 4.78 is 2.03. The summed E-state index contributed by atoms with van der Waals surface area (Å²) in [6.45, 7) is 0.